The number of ether oxygens (including phenoxy) is 1. The largest absolute Gasteiger partial charge is 0.452 e. The first-order chi connectivity index (χ1) is 11.6. The molecule has 24 heavy (non-hydrogen) atoms. The van der Waals surface area contributed by atoms with Gasteiger partial charge in [0.05, 0.1) is 11.6 Å². The van der Waals surface area contributed by atoms with Gasteiger partial charge in [-0.3, -0.25) is 4.79 Å². The molecule has 6 heteroatoms. The van der Waals surface area contributed by atoms with Crippen LogP contribution in [0.4, 0.5) is 5.69 Å². The number of anilines is 1. The van der Waals surface area contributed by atoms with Crippen LogP contribution >= 0.6 is 15.9 Å². The van der Waals surface area contributed by atoms with Crippen LogP contribution in [0, 0.1) is 11.3 Å². The molecule has 0 aliphatic rings. The number of rotatable bonds is 5. The van der Waals surface area contributed by atoms with Crippen LogP contribution in [0.15, 0.2) is 59.1 Å². The van der Waals surface area contributed by atoms with Gasteiger partial charge in [0.2, 0.25) is 0 Å². The Morgan fingerprint density at radius 1 is 1.21 bits per heavy atom. The van der Waals surface area contributed by atoms with E-state index in [1.54, 1.807) is 48.5 Å². The van der Waals surface area contributed by atoms with Crippen LogP contribution in [0.3, 0.4) is 0 Å². The average molecular weight is 385 g/mol. The van der Waals surface area contributed by atoms with Gasteiger partial charge in [-0.25, -0.2) is 4.79 Å². The summed E-state index contributed by atoms with van der Waals surface area (Å²) in [6, 6.07) is 15.8. The summed E-state index contributed by atoms with van der Waals surface area (Å²) in [6.07, 6.45) is 2.78. The molecule has 2 aromatic carbocycles. The number of hydrogen-bond donors (Lipinski definition) is 1. The number of hydrogen-bond acceptors (Lipinski definition) is 4. The number of esters is 1. The molecule has 0 fully saturated rings. The monoisotopic (exact) mass is 384 g/mol. The lowest BCUT2D eigenvalue weighted by Gasteiger charge is -2.05. The molecule has 0 spiro atoms. The first kappa shape index (κ1) is 17.4. The topological polar surface area (TPSA) is 79.2 Å². The number of halogens is 1. The number of benzene rings is 2. The molecule has 0 aliphatic carbocycles. The summed E-state index contributed by atoms with van der Waals surface area (Å²) in [5, 5.41) is 11.3. The van der Waals surface area contributed by atoms with Crippen molar-refractivity contribution >= 4 is 39.6 Å². The Morgan fingerprint density at radius 2 is 1.96 bits per heavy atom. The molecule has 0 unspecified atom stereocenters. The van der Waals surface area contributed by atoms with Crippen molar-refractivity contribution in [3.63, 3.8) is 0 Å². The Bertz CT molecular complexity index is 808. The van der Waals surface area contributed by atoms with E-state index in [0.717, 1.165) is 10.0 Å². The highest BCUT2D eigenvalue weighted by Crippen LogP contribution is 2.15. The molecule has 0 aromatic heterocycles. The minimum absolute atomic E-state index is 0.372. The Labute approximate surface area is 147 Å². The third-order valence-corrected chi connectivity index (χ3v) is 3.40. The van der Waals surface area contributed by atoms with Gasteiger partial charge in [-0.05, 0) is 42.0 Å². The maximum atomic E-state index is 11.7. The first-order valence-electron chi connectivity index (χ1n) is 6.97. The molecule has 0 bridgehead atoms. The summed E-state index contributed by atoms with van der Waals surface area (Å²) in [7, 11) is 0. The van der Waals surface area contributed by atoms with E-state index in [4.69, 9.17) is 10.00 Å². The van der Waals surface area contributed by atoms with Crippen molar-refractivity contribution in [2.45, 2.75) is 0 Å². The fourth-order valence-electron chi connectivity index (χ4n) is 1.78. The molecule has 120 valence electrons. The van der Waals surface area contributed by atoms with Gasteiger partial charge in [0.25, 0.3) is 5.91 Å². The molecule has 2 aromatic rings. The number of nitrogens with one attached hydrogen (secondary N) is 1. The Balaban J connectivity index is 1.80. The molecule has 1 N–H and O–H groups in total. The summed E-state index contributed by atoms with van der Waals surface area (Å²) in [5.74, 6) is -1.04. The van der Waals surface area contributed by atoms with Crippen molar-refractivity contribution < 1.29 is 14.3 Å². The van der Waals surface area contributed by atoms with Crippen LogP contribution in [0.2, 0.25) is 0 Å². The van der Waals surface area contributed by atoms with Gasteiger partial charge in [0, 0.05) is 16.2 Å². The minimum Gasteiger partial charge on any atom is -0.452 e. The summed E-state index contributed by atoms with van der Waals surface area (Å²) >= 11 is 3.30. The quantitative estimate of drug-likeness (QED) is 0.631. The second-order valence-electron chi connectivity index (χ2n) is 4.73. The number of carbonyl (C=O) groups is 2. The number of nitriles is 1. The molecule has 2 rings (SSSR count). The van der Waals surface area contributed by atoms with Gasteiger partial charge in [0.15, 0.2) is 6.61 Å². The van der Waals surface area contributed by atoms with Crippen LogP contribution in [-0.4, -0.2) is 18.5 Å². The molecule has 1 amide bonds. The van der Waals surface area contributed by atoms with Crippen molar-refractivity contribution in [1.29, 1.82) is 5.26 Å². The number of nitrogens with zero attached hydrogens (tertiary/aromatic N) is 1. The molecular weight excluding hydrogens is 372 g/mol. The molecule has 0 heterocycles. The number of carbonyl (C=O) groups excluding carboxylic acids is 2. The third-order valence-electron chi connectivity index (χ3n) is 2.91. The maximum absolute atomic E-state index is 11.7. The van der Waals surface area contributed by atoms with Gasteiger partial charge in [0.1, 0.15) is 0 Å². The SMILES string of the molecule is N#Cc1ccc(/C=C/C(=O)OCC(=O)Nc2cccc(Br)c2)cc1. The van der Waals surface area contributed by atoms with Crippen LogP contribution in [-0.2, 0) is 14.3 Å². The van der Waals surface area contributed by atoms with E-state index in [0.29, 0.717) is 11.3 Å². The lowest BCUT2D eigenvalue weighted by Crippen LogP contribution is -2.20. The highest BCUT2D eigenvalue weighted by molar-refractivity contribution is 9.10. The van der Waals surface area contributed by atoms with Crippen LogP contribution in [0.25, 0.3) is 6.08 Å². The van der Waals surface area contributed by atoms with Crippen molar-refractivity contribution in [2.24, 2.45) is 0 Å². The van der Waals surface area contributed by atoms with Crippen molar-refractivity contribution in [3.8, 4) is 6.07 Å². The van der Waals surface area contributed by atoms with E-state index >= 15 is 0 Å². The smallest absolute Gasteiger partial charge is 0.331 e. The lowest BCUT2D eigenvalue weighted by molar-refractivity contribution is -0.142. The predicted octanol–water partition coefficient (Wildman–Crippen LogP) is 3.52. The zero-order chi connectivity index (χ0) is 17.4. The van der Waals surface area contributed by atoms with Gasteiger partial charge in [-0.15, -0.1) is 0 Å². The molecular formula is C18H13BrN2O3. The molecule has 5 nitrogen and oxygen atoms in total. The Hall–Kier alpha value is -2.91. The first-order valence-corrected chi connectivity index (χ1v) is 7.76. The van der Waals surface area contributed by atoms with Crippen molar-refractivity contribution in [3.05, 3.63) is 70.2 Å². The molecule has 0 radical (unpaired) electrons. The van der Waals surface area contributed by atoms with Crippen molar-refractivity contribution in [1.82, 2.24) is 0 Å². The van der Waals surface area contributed by atoms with Gasteiger partial charge < -0.3 is 10.1 Å². The summed E-state index contributed by atoms with van der Waals surface area (Å²) < 4.78 is 5.71. The third kappa shape index (κ3) is 5.71. The van der Waals surface area contributed by atoms with Crippen LogP contribution in [0.1, 0.15) is 11.1 Å². The summed E-state index contributed by atoms with van der Waals surface area (Å²) in [5.41, 5.74) is 1.90. The van der Waals surface area contributed by atoms with Crippen molar-refractivity contribution in [2.75, 3.05) is 11.9 Å². The fourth-order valence-corrected chi connectivity index (χ4v) is 2.18. The summed E-state index contributed by atoms with van der Waals surface area (Å²) in [6.45, 7) is -0.372. The zero-order valence-corrected chi connectivity index (χ0v) is 14.1. The van der Waals surface area contributed by atoms with E-state index in [2.05, 4.69) is 21.2 Å². The highest BCUT2D eigenvalue weighted by Gasteiger charge is 2.06. The molecule has 0 saturated carbocycles. The lowest BCUT2D eigenvalue weighted by atomic mass is 10.1. The number of amides is 1. The van der Waals surface area contributed by atoms with E-state index in [1.807, 2.05) is 12.1 Å². The Kier molecular flexibility index (Phi) is 6.29. The highest BCUT2D eigenvalue weighted by atomic mass is 79.9. The van der Waals surface area contributed by atoms with Gasteiger partial charge in [-0.1, -0.05) is 34.1 Å². The predicted molar refractivity (Wildman–Crippen MR) is 93.9 cm³/mol. The minimum atomic E-state index is -0.622. The molecule has 0 atom stereocenters. The average Bonchev–Trinajstić information content (AvgIpc) is 2.58. The van der Waals surface area contributed by atoms with Crippen LogP contribution in [0.5, 0.6) is 0 Å². The maximum Gasteiger partial charge on any atom is 0.331 e. The zero-order valence-electron chi connectivity index (χ0n) is 12.5. The molecule has 0 aliphatic heterocycles. The standard InChI is InChI=1S/C18H13BrN2O3/c19-15-2-1-3-16(10-15)21-17(22)12-24-18(23)9-8-13-4-6-14(11-20)7-5-13/h1-10H,12H2,(H,21,22)/b9-8+. The summed E-state index contributed by atoms with van der Waals surface area (Å²) in [4.78, 5) is 23.3. The van der Waals surface area contributed by atoms with E-state index in [-0.39, 0.29) is 6.61 Å². The van der Waals surface area contributed by atoms with E-state index < -0.39 is 11.9 Å². The van der Waals surface area contributed by atoms with Crippen LogP contribution < -0.4 is 5.32 Å². The molecule has 0 saturated heterocycles. The van der Waals surface area contributed by atoms with Gasteiger partial charge in [-0.2, -0.15) is 5.26 Å². The van der Waals surface area contributed by atoms with E-state index in [9.17, 15) is 9.59 Å². The van der Waals surface area contributed by atoms with Gasteiger partial charge >= 0.3 is 5.97 Å². The second kappa shape index (κ2) is 8.65. The second-order valence-corrected chi connectivity index (χ2v) is 5.65. The fraction of sp³-hybridized carbons (Fsp3) is 0.0556. The van der Waals surface area contributed by atoms with E-state index in [1.165, 1.54) is 6.08 Å². The Morgan fingerprint density at radius 3 is 2.62 bits per heavy atom. The normalized spacial score (nSPS) is 10.2.